The van der Waals surface area contributed by atoms with Gasteiger partial charge in [0.1, 0.15) is 0 Å². The number of hydrogen-bond donors (Lipinski definition) is 0. The predicted molar refractivity (Wildman–Crippen MR) is 85.4 cm³/mol. The molecule has 2 fully saturated rings. The van der Waals surface area contributed by atoms with Crippen LogP contribution in [0.25, 0.3) is 0 Å². The Morgan fingerprint density at radius 2 is 2.27 bits per heavy atom. The minimum atomic E-state index is -2.88. The molecule has 1 aromatic heterocycles. The summed E-state index contributed by atoms with van der Waals surface area (Å²) in [7, 11) is -2.88. The summed E-state index contributed by atoms with van der Waals surface area (Å²) in [6.07, 6.45) is 4.92. The third kappa shape index (κ3) is 3.86. The molecule has 0 aliphatic carbocycles. The molecule has 2 aliphatic rings. The van der Waals surface area contributed by atoms with Gasteiger partial charge in [-0.2, -0.15) is 0 Å². The van der Waals surface area contributed by atoms with Gasteiger partial charge >= 0.3 is 0 Å². The van der Waals surface area contributed by atoms with Crippen LogP contribution in [0.5, 0.6) is 0 Å². The van der Waals surface area contributed by atoms with Crippen molar-refractivity contribution >= 4 is 9.84 Å². The van der Waals surface area contributed by atoms with E-state index in [-0.39, 0.29) is 17.9 Å². The molecule has 3 rings (SSSR count). The lowest BCUT2D eigenvalue weighted by atomic mass is 10.1. The number of aryl methyl sites for hydroxylation is 1. The fourth-order valence-corrected chi connectivity index (χ4v) is 5.09. The Balaban J connectivity index is 1.75. The van der Waals surface area contributed by atoms with E-state index in [1.165, 1.54) is 0 Å². The summed E-state index contributed by atoms with van der Waals surface area (Å²) in [6, 6.07) is 4.08. The highest BCUT2D eigenvalue weighted by Crippen LogP contribution is 2.23. The molecular weight excluding hydrogens is 300 g/mol. The number of aromatic nitrogens is 1. The molecule has 0 aromatic carbocycles. The highest BCUT2D eigenvalue weighted by molar-refractivity contribution is 7.91. The quantitative estimate of drug-likeness (QED) is 0.822. The van der Waals surface area contributed by atoms with E-state index in [0.29, 0.717) is 12.3 Å². The summed E-state index contributed by atoms with van der Waals surface area (Å²) in [4.78, 5) is 6.74. The van der Waals surface area contributed by atoms with Gasteiger partial charge in [-0.3, -0.25) is 9.88 Å². The first-order valence-electron chi connectivity index (χ1n) is 8.00. The van der Waals surface area contributed by atoms with Crippen LogP contribution in [0.15, 0.2) is 18.3 Å². The summed E-state index contributed by atoms with van der Waals surface area (Å²) in [5, 5.41) is 0. The fraction of sp³-hybridized carbons (Fsp3) is 0.688. The minimum Gasteiger partial charge on any atom is -0.377 e. The molecule has 1 aromatic rings. The largest absolute Gasteiger partial charge is 0.377 e. The molecule has 2 aliphatic heterocycles. The Labute approximate surface area is 132 Å². The Kier molecular flexibility index (Phi) is 4.80. The normalized spacial score (nSPS) is 27.5. The van der Waals surface area contributed by atoms with E-state index >= 15 is 0 Å². The van der Waals surface area contributed by atoms with Crippen LogP contribution in [0.2, 0.25) is 0 Å². The van der Waals surface area contributed by atoms with Crippen molar-refractivity contribution in [3.05, 3.63) is 29.6 Å². The van der Waals surface area contributed by atoms with E-state index < -0.39 is 9.84 Å². The van der Waals surface area contributed by atoms with Gasteiger partial charge in [-0.05, 0) is 37.8 Å². The highest BCUT2D eigenvalue weighted by Gasteiger charge is 2.34. The maximum Gasteiger partial charge on any atom is 0.151 e. The van der Waals surface area contributed by atoms with Crippen LogP contribution in [0.1, 0.15) is 30.5 Å². The number of hydrogen-bond acceptors (Lipinski definition) is 5. The molecule has 3 heterocycles. The average Bonchev–Trinajstić information content (AvgIpc) is 3.10. The lowest BCUT2D eigenvalue weighted by Gasteiger charge is -2.30. The van der Waals surface area contributed by atoms with Crippen molar-refractivity contribution in [2.45, 2.75) is 44.9 Å². The second kappa shape index (κ2) is 6.64. The molecule has 2 saturated heterocycles. The fourth-order valence-electron chi connectivity index (χ4n) is 3.33. The van der Waals surface area contributed by atoms with E-state index in [0.717, 1.165) is 43.7 Å². The van der Waals surface area contributed by atoms with Gasteiger partial charge in [0, 0.05) is 31.9 Å². The van der Waals surface area contributed by atoms with Crippen LogP contribution >= 0.6 is 0 Å². The number of nitrogens with zero attached hydrogens (tertiary/aromatic N) is 2. The van der Waals surface area contributed by atoms with Gasteiger partial charge in [0.2, 0.25) is 0 Å². The predicted octanol–water partition coefficient (Wildman–Crippen LogP) is 1.56. The summed E-state index contributed by atoms with van der Waals surface area (Å²) in [6.45, 7) is 4.38. The molecule has 0 spiro atoms. The average molecular weight is 324 g/mol. The molecular formula is C16H24N2O3S. The van der Waals surface area contributed by atoms with Gasteiger partial charge in [-0.1, -0.05) is 6.07 Å². The van der Waals surface area contributed by atoms with Crippen molar-refractivity contribution < 1.29 is 13.2 Å². The van der Waals surface area contributed by atoms with E-state index in [1.54, 1.807) is 6.20 Å². The Morgan fingerprint density at radius 1 is 1.41 bits per heavy atom. The highest BCUT2D eigenvalue weighted by atomic mass is 32.2. The molecule has 0 radical (unpaired) electrons. The Morgan fingerprint density at radius 3 is 2.91 bits per heavy atom. The maximum absolute atomic E-state index is 11.8. The van der Waals surface area contributed by atoms with Crippen LogP contribution in [-0.2, 0) is 21.1 Å². The van der Waals surface area contributed by atoms with E-state index in [9.17, 15) is 8.42 Å². The summed E-state index contributed by atoms with van der Waals surface area (Å²) in [5.74, 6) is 0.576. The van der Waals surface area contributed by atoms with Gasteiger partial charge in [0.15, 0.2) is 9.84 Å². The van der Waals surface area contributed by atoms with Crippen molar-refractivity contribution in [3.8, 4) is 0 Å². The molecule has 22 heavy (non-hydrogen) atoms. The topological polar surface area (TPSA) is 59.5 Å². The first-order chi connectivity index (χ1) is 10.5. The number of rotatable bonds is 5. The van der Waals surface area contributed by atoms with Gasteiger partial charge in [-0.25, -0.2) is 8.42 Å². The van der Waals surface area contributed by atoms with Crippen LogP contribution in [-0.4, -0.2) is 55.1 Å². The monoisotopic (exact) mass is 324 g/mol. The lowest BCUT2D eigenvalue weighted by Crippen LogP contribution is -2.41. The molecule has 2 atom stereocenters. The number of pyridine rings is 1. The molecule has 0 bridgehead atoms. The Hall–Kier alpha value is -0.980. The van der Waals surface area contributed by atoms with E-state index in [1.807, 2.05) is 6.07 Å². The van der Waals surface area contributed by atoms with Crippen LogP contribution in [0, 0.1) is 6.92 Å². The van der Waals surface area contributed by atoms with Crippen LogP contribution in [0.3, 0.4) is 0 Å². The van der Waals surface area contributed by atoms with Gasteiger partial charge in [0.05, 0.1) is 23.3 Å². The zero-order valence-corrected chi connectivity index (χ0v) is 13.9. The first-order valence-corrected chi connectivity index (χ1v) is 9.82. The molecule has 0 unspecified atom stereocenters. The van der Waals surface area contributed by atoms with E-state index in [2.05, 4.69) is 22.9 Å². The molecule has 0 N–H and O–H groups in total. The van der Waals surface area contributed by atoms with E-state index in [4.69, 9.17) is 4.74 Å². The smallest absolute Gasteiger partial charge is 0.151 e. The van der Waals surface area contributed by atoms with Gasteiger partial charge < -0.3 is 4.74 Å². The molecule has 122 valence electrons. The standard InChI is InChI=1S/C16H24N2O3S/c1-13-4-2-7-17-16(13)11-18(10-15-5-3-8-21-15)14-6-9-22(19,20)12-14/h2,4,7,14-15H,3,5-6,8-12H2,1H3/t14-,15-/m0/s1. The number of ether oxygens (including phenoxy) is 1. The summed E-state index contributed by atoms with van der Waals surface area (Å²) < 4.78 is 29.4. The summed E-state index contributed by atoms with van der Waals surface area (Å²) >= 11 is 0. The van der Waals surface area contributed by atoms with Crippen molar-refractivity contribution in [3.63, 3.8) is 0 Å². The van der Waals surface area contributed by atoms with Crippen molar-refractivity contribution in [2.24, 2.45) is 0 Å². The molecule has 0 amide bonds. The maximum atomic E-state index is 11.8. The zero-order chi connectivity index (χ0) is 15.6. The molecule has 0 saturated carbocycles. The first kappa shape index (κ1) is 15.9. The van der Waals surface area contributed by atoms with Crippen molar-refractivity contribution in [1.29, 1.82) is 0 Å². The van der Waals surface area contributed by atoms with Gasteiger partial charge in [-0.15, -0.1) is 0 Å². The van der Waals surface area contributed by atoms with Crippen LogP contribution in [0.4, 0.5) is 0 Å². The second-order valence-electron chi connectivity index (χ2n) is 6.39. The molecule has 6 heteroatoms. The van der Waals surface area contributed by atoms with Gasteiger partial charge in [0.25, 0.3) is 0 Å². The lowest BCUT2D eigenvalue weighted by molar-refractivity contribution is 0.0568. The minimum absolute atomic E-state index is 0.0932. The Bertz CT molecular complexity index is 612. The molecule has 5 nitrogen and oxygen atoms in total. The van der Waals surface area contributed by atoms with Crippen LogP contribution < -0.4 is 0 Å². The third-order valence-corrected chi connectivity index (χ3v) is 6.41. The zero-order valence-electron chi connectivity index (χ0n) is 13.1. The SMILES string of the molecule is Cc1cccnc1CN(C[C@@H]1CCCO1)[C@H]1CCS(=O)(=O)C1. The van der Waals surface area contributed by atoms with Crippen molar-refractivity contribution in [2.75, 3.05) is 24.7 Å². The summed E-state index contributed by atoms with van der Waals surface area (Å²) in [5.41, 5.74) is 2.19. The third-order valence-electron chi connectivity index (χ3n) is 4.66. The number of sulfone groups is 1. The second-order valence-corrected chi connectivity index (χ2v) is 8.62. The van der Waals surface area contributed by atoms with Crippen molar-refractivity contribution in [1.82, 2.24) is 9.88 Å².